The second-order valence-electron chi connectivity index (χ2n) is 5.88. The lowest BCUT2D eigenvalue weighted by Gasteiger charge is -2.25. The van der Waals surface area contributed by atoms with Gasteiger partial charge in [-0.05, 0) is 36.6 Å². The van der Waals surface area contributed by atoms with Crippen molar-refractivity contribution >= 4 is 26.0 Å². The smallest absolute Gasteiger partial charge is 0.240 e. The Balaban J connectivity index is 2.73. The zero-order valence-electron chi connectivity index (χ0n) is 14.0. The van der Waals surface area contributed by atoms with E-state index in [-0.39, 0.29) is 17.4 Å². The lowest BCUT2D eigenvalue weighted by atomic mass is 9.92. The molecule has 0 aliphatic rings. The van der Waals surface area contributed by atoms with Gasteiger partial charge in [-0.15, -0.1) is 0 Å². The van der Waals surface area contributed by atoms with E-state index in [1.165, 1.54) is 12.8 Å². The Morgan fingerprint density at radius 1 is 1.13 bits per heavy atom. The molecule has 1 aromatic rings. The quantitative estimate of drug-likeness (QED) is 0.544. The van der Waals surface area contributed by atoms with Gasteiger partial charge in [0.25, 0.3) is 0 Å². The molecule has 0 saturated carbocycles. The van der Waals surface area contributed by atoms with Gasteiger partial charge in [0, 0.05) is 10.5 Å². The van der Waals surface area contributed by atoms with Crippen LogP contribution in [0.3, 0.4) is 0 Å². The van der Waals surface area contributed by atoms with Gasteiger partial charge in [-0.2, -0.15) is 0 Å². The Hall–Kier alpha value is -0.430. The maximum Gasteiger partial charge on any atom is 0.240 e. The molecule has 2 atom stereocenters. The molecule has 0 bridgehead atoms. The monoisotopic (exact) mass is 405 g/mol. The van der Waals surface area contributed by atoms with Crippen molar-refractivity contribution < 1.29 is 13.5 Å². The summed E-state index contributed by atoms with van der Waals surface area (Å²) in [7, 11) is -3.61. The highest BCUT2D eigenvalue weighted by molar-refractivity contribution is 9.10. The summed E-state index contributed by atoms with van der Waals surface area (Å²) < 4.78 is 28.5. The fraction of sp³-hybridized carbons (Fsp3) is 0.647. The minimum Gasteiger partial charge on any atom is -0.395 e. The number of sulfonamides is 1. The second-order valence-corrected chi connectivity index (χ2v) is 8.51. The highest BCUT2D eigenvalue weighted by Crippen LogP contribution is 2.21. The normalized spacial score (nSPS) is 14.6. The van der Waals surface area contributed by atoms with Crippen LogP contribution in [-0.2, 0) is 10.0 Å². The van der Waals surface area contributed by atoms with Gasteiger partial charge in [0.1, 0.15) is 0 Å². The number of unbranched alkanes of at least 4 members (excludes halogenated alkanes) is 3. The summed E-state index contributed by atoms with van der Waals surface area (Å²) in [6.45, 7) is 4.03. The van der Waals surface area contributed by atoms with Crippen molar-refractivity contribution in [2.24, 2.45) is 5.92 Å². The zero-order chi connectivity index (χ0) is 17.3. The molecule has 23 heavy (non-hydrogen) atoms. The van der Waals surface area contributed by atoms with E-state index in [1.54, 1.807) is 24.3 Å². The summed E-state index contributed by atoms with van der Waals surface area (Å²) in [5.74, 6) is 0.155. The molecule has 0 aliphatic carbocycles. The van der Waals surface area contributed by atoms with E-state index in [0.29, 0.717) is 0 Å². The first-order valence-corrected chi connectivity index (χ1v) is 10.6. The average molecular weight is 406 g/mol. The van der Waals surface area contributed by atoms with Gasteiger partial charge in [0.15, 0.2) is 0 Å². The molecule has 6 heteroatoms. The van der Waals surface area contributed by atoms with Crippen molar-refractivity contribution in [3.63, 3.8) is 0 Å². The maximum absolute atomic E-state index is 12.5. The van der Waals surface area contributed by atoms with Gasteiger partial charge in [-0.1, -0.05) is 61.9 Å². The van der Waals surface area contributed by atoms with Crippen molar-refractivity contribution in [2.45, 2.75) is 63.3 Å². The number of hydrogen-bond acceptors (Lipinski definition) is 3. The second kappa shape index (κ2) is 10.4. The Morgan fingerprint density at radius 2 is 1.78 bits per heavy atom. The highest BCUT2D eigenvalue weighted by atomic mass is 79.9. The fourth-order valence-electron chi connectivity index (χ4n) is 2.69. The number of aliphatic hydroxyl groups excluding tert-OH is 1. The van der Waals surface area contributed by atoms with Gasteiger partial charge in [-0.3, -0.25) is 0 Å². The van der Waals surface area contributed by atoms with Crippen molar-refractivity contribution in [1.29, 1.82) is 0 Å². The average Bonchev–Trinajstić information content (AvgIpc) is 2.53. The zero-order valence-corrected chi connectivity index (χ0v) is 16.4. The van der Waals surface area contributed by atoms with E-state index in [9.17, 15) is 13.5 Å². The number of benzene rings is 1. The molecule has 4 nitrogen and oxygen atoms in total. The summed E-state index contributed by atoms with van der Waals surface area (Å²) in [6, 6.07) is 6.08. The fourth-order valence-corrected chi connectivity index (χ4v) is 4.25. The largest absolute Gasteiger partial charge is 0.395 e. The van der Waals surface area contributed by atoms with Gasteiger partial charge in [0.05, 0.1) is 11.5 Å². The van der Waals surface area contributed by atoms with E-state index in [2.05, 4.69) is 27.6 Å². The van der Waals surface area contributed by atoms with Crippen molar-refractivity contribution in [2.75, 3.05) is 6.61 Å². The molecule has 0 unspecified atom stereocenters. The van der Waals surface area contributed by atoms with Gasteiger partial charge in [0.2, 0.25) is 10.0 Å². The predicted molar refractivity (Wildman–Crippen MR) is 97.9 cm³/mol. The van der Waals surface area contributed by atoms with Crippen LogP contribution in [0.1, 0.15) is 52.4 Å². The summed E-state index contributed by atoms with van der Waals surface area (Å²) in [4.78, 5) is 0.222. The Labute approximate surface area is 148 Å². The summed E-state index contributed by atoms with van der Waals surface area (Å²) in [5.41, 5.74) is 0. The summed E-state index contributed by atoms with van der Waals surface area (Å²) in [6.07, 6.45) is 6.39. The van der Waals surface area contributed by atoms with Gasteiger partial charge in [-0.25, -0.2) is 13.1 Å². The molecule has 1 aromatic carbocycles. The van der Waals surface area contributed by atoms with E-state index in [0.717, 1.165) is 30.2 Å². The molecule has 2 N–H and O–H groups in total. The van der Waals surface area contributed by atoms with E-state index < -0.39 is 16.1 Å². The summed E-state index contributed by atoms with van der Waals surface area (Å²) in [5, 5.41) is 9.65. The van der Waals surface area contributed by atoms with Gasteiger partial charge >= 0.3 is 0 Å². The molecule has 0 amide bonds. The number of halogens is 1. The molecule has 132 valence electrons. The van der Waals surface area contributed by atoms with Crippen LogP contribution in [0.15, 0.2) is 33.6 Å². The Kier molecular flexibility index (Phi) is 9.36. The molecule has 0 radical (unpaired) electrons. The lowest BCUT2D eigenvalue weighted by Crippen LogP contribution is -2.42. The van der Waals surface area contributed by atoms with Crippen molar-refractivity contribution in [1.82, 2.24) is 4.72 Å². The number of hydrogen-bond donors (Lipinski definition) is 2. The standard InChI is InChI=1S/C17H28BrNO3S/c1-3-5-6-7-8-14(4-2)17(13-20)19-23(21,22)16-11-9-15(18)10-12-16/h9-12,14,17,19-20H,3-8,13H2,1-2H3/t14-,17-/m1/s1. The minimum absolute atomic E-state index is 0.155. The van der Waals surface area contributed by atoms with Crippen molar-refractivity contribution in [3.8, 4) is 0 Å². The molecule has 0 saturated heterocycles. The van der Waals surface area contributed by atoms with Crippen LogP contribution in [0.5, 0.6) is 0 Å². The first-order valence-electron chi connectivity index (χ1n) is 8.33. The Bertz CT molecular complexity index is 545. The van der Waals surface area contributed by atoms with Crippen LogP contribution in [0.25, 0.3) is 0 Å². The van der Waals surface area contributed by atoms with Crippen LogP contribution < -0.4 is 4.72 Å². The third-order valence-electron chi connectivity index (χ3n) is 4.15. The van der Waals surface area contributed by atoms with Crippen LogP contribution in [0.2, 0.25) is 0 Å². The molecule has 0 heterocycles. The third kappa shape index (κ3) is 6.91. The summed E-state index contributed by atoms with van der Waals surface area (Å²) >= 11 is 3.30. The Morgan fingerprint density at radius 3 is 2.30 bits per heavy atom. The van der Waals surface area contributed by atoms with Crippen LogP contribution >= 0.6 is 15.9 Å². The molecular formula is C17H28BrNO3S. The highest BCUT2D eigenvalue weighted by Gasteiger charge is 2.25. The minimum atomic E-state index is -3.61. The molecule has 0 fully saturated rings. The van der Waals surface area contributed by atoms with Crippen molar-refractivity contribution in [3.05, 3.63) is 28.7 Å². The number of nitrogens with one attached hydrogen (secondary N) is 1. The molecule has 0 spiro atoms. The third-order valence-corrected chi connectivity index (χ3v) is 6.18. The van der Waals surface area contributed by atoms with Crippen LogP contribution in [0.4, 0.5) is 0 Å². The first-order chi connectivity index (χ1) is 10.9. The number of rotatable bonds is 11. The van der Waals surface area contributed by atoms with E-state index in [1.807, 2.05) is 6.92 Å². The topological polar surface area (TPSA) is 66.4 Å². The molecular weight excluding hydrogens is 378 g/mol. The molecule has 0 aromatic heterocycles. The van der Waals surface area contributed by atoms with E-state index in [4.69, 9.17) is 0 Å². The molecule has 0 aliphatic heterocycles. The van der Waals surface area contributed by atoms with E-state index >= 15 is 0 Å². The maximum atomic E-state index is 12.5. The lowest BCUT2D eigenvalue weighted by molar-refractivity contribution is 0.203. The molecule has 1 rings (SSSR count). The predicted octanol–water partition coefficient (Wildman–Crippen LogP) is 4.08. The van der Waals surface area contributed by atoms with Crippen LogP contribution in [-0.4, -0.2) is 26.2 Å². The van der Waals surface area contributed by atoms with Gasteiger partial charge < -0.3 is 5.11 Å². The SMILES string of the molecule is CCCCCC[C@@H](CC)[C@@H](CO)NS(=O)(=O)c1ccc(Br)cc1. The first kappa shape index (κ1) is 20.6. The number of aliphatic hydroxyl groups is 1. The van der Waals surface area contributed by atoms with Crippen LogP contribution in [0, 0.1) is 5.92 Å².